The highest BCUT2D eigenvalue weighted by molar-refractivity contribution is 6.74. The Morgan fingerprint density at radius 3 is 2.66 bits per heavy atom. The van der Waals surface area contributed by atoms with E-state index in [2.05, 4.69) is 103 Å². The van der Waals surface area contributed by atoms with Crippen molar-refractivity contribution in [3.63, 3.8) is 0 Å². The molecule has 9 nitrogen and oxygen atoms in total. The van der Waals surface area contributed by atoms with Crippen LogP contribution in [0.25, 0.3) is 10.8 Å². The van der Waals surface area contributed by atoms with E-state index in [1.165, 1.54) is 34.0 Å². The molecule has 10 heteroatoms. The number of rotatable bonds is 10. The minimum atomic E-state index is -1.78. The number of benzene rings is 2. The molecule has 2 fully saturated rings. The lowest BCUT2D eigenvalue weighted by molar-refractivity contribution is 0.140. The second-order valence-electron chi connectivity index (χ2n) is 15.1. The normalized spacial score (nSPS) is 20.8. The summed E-state index contributed by atoms with van der Waals surface area (Å²) in [6.45, 7) is 21.1. The lowest BCUT2D eigenvalue weighted by Crippen LogP contribution is -2.51. The molecule has 0 bridgehead atoms. The van der Waals surface area contributed by atoms with Gasteiger partial charge in [0, 0.05) is 68.1 Å². The van der Waals surface area contributed by atoms with Crippen LogP contribution in [-0.2, 0) is 17.4 Å². The number of nitrogens with one attached hydrogen (secondary N) is 1. The Balaban J connectivity index is 1.22. The largest absolute Gasteiger partial charge is 0.462 e. The number of aryl methyl sites for hydroxylation is 1. The van der Waals surface area contributed by atoms with E-state index < -0.39 is 8.32 Å². The van der Waals surface area contributed by atoms with E-state index in [0.717, 1.165) is 70.2 Å². The van der Waals surface area contributed by atoms with Gasteiger partial charge in [-0.05, 0) is 67.9 Å². The van der Waals surface area contributed by atoms with Gasteiger partial charge in [-0.2, -0.15) is 15.2 Å². The number of ether oxygens (including phenoxy) is 1. The first-order valence-electron chi connectivity index (χ1n) is 17.5. The Bertz CT molecular complexity index is 1590. The number of fused-ring (bicyclic) bond motifs is 2. The van der Waals surface area contributed by atoms with E-state index in [-0.39, 0.29) is 11.1 Å². The Kier molecular flexibility index (Phi) is 10.1. The van der Waals surface area contributed by atoms with Crippen molar-refractivity contribution < 1.29 is 9.16 Å². The summed E-state index contributed by atoms with van der Waals surface area (Å²) in [5, 5.41) is 15.7. The average molecular weight is 656 g/mol. The summed E-state index contributed by atoms with van der Waals surface area (Å²) in [7, 11) is -1.78. The van der Waals surface area contributed by atoms with Gasteiger partial charge in [-0.3, -0.25) is 4.90 Å². The van der Waals surface area contributed by atoms with E-state index in [1.807, 2.05) is 0 Å². The van der Waals surface area contributed by atoms with Gasteiger partial charge < -0.3 is 24.3 Å². The number of nitriles is 1. The molecule has 47 heavy (non-hydrogen) atoms. The van der Waals surface area contributed by atoms with Gasteiger partial charge in [-0.1, -0.05) is 51.1 Å². The van der Waals surface area contributed by atoms with Crippen molar-refractivity contribution in [2.45, 2.75) is 90.1 Å². The van der Waals surface area contributed by atoms with Crippen LogP contribution in [0.4, 0.5) is 11.5 Å². The second-order valence-corrected chi connectivity index (χ2v) is 19.9. The number of nitrogens with zero attached hydrogens (tertiary/aromatic N) is 6. The van der Waals surface area contributed by atoms with E-state index in [1.54, 1.807) is 0 Å². The molecule has 0 amide bonds. The smallest absolute Gasteiger partial charge is 0.318 e. The average Bonchev–Trinajstić information content (AvgIpc) is 3.50. The van der Waals surface area contributed by atoms with Gasteiger partial charge in [0.1, 0.15) is 12.4 Å². The molecule has 2 saturated heterocycles. The summed E-state index contributed by atoms with van der Waals surface area (Å²) in [5.74, 6) is 0.981. The van der Waals surface area contributed by atoms with Gasteiger partial charge in [-0.15, -0.1) is 0 Å². The van der Waals surface area contributed by atoms with E-state index in [9.17, 15) is 5.26 Å². The lowest BCUT2D eigenvalue weighted by atomic mass is 9.99. The molecule has 1 unspecified atom stereocenters. The summed E-state index contributed by atoms with van der Waals surface area (Å²) in [6.07, 6.45) is 3.63. The lowest BCUT2D eigenvalue weighted by Gasteiger charge is -2.37. The van der Waals surface area contributed by atoms with Crippen molar-refractivity contribution in [3.8, 4) is 12.1 Å². The molecule has 6 rings (SSSR count). The van der Waals surface area contributed by atoms with Crippen LogP contribution in [0.15, 0.2) is 36.4 Å². The predicted molar refractivity (Wildman–Crippen MR) is 193 cm³/mol. The fourth-order valence-corrected chi connectivity index (χ4v) is 8.17. The molecule has 0 spiro atoms. The van der Waals surface area contributed by atoms with Crippen LogP contribution in [0.5, 0.6) is 6.01 Å². The molecule has 1 aromatic heterocycles. The van der Waals surface area contributed by atoms with Crippen LogP contribution < -0.4 is 19.9 Å². The first-order valence-corrected chi connectivity index (χ1v) is 20.4. The summed E-state index contributed by atoms with van der Waals surface area (Å²) < 4.78 is 13.0. The molecular formula is C37H53N7O2Si. The van der Waals surface area contributed by atoms with Gasteiger partial charge in [0.2, 0.25) is 0 Å². The molecule has 0 aliphatic carbocycles. The van der Waals surface area contributed by atoms with Crippen molar-refractivity contribution in [1.82, 2.24) is 20.2 Å². The van der Waals surface area contributed by atoms with Gasteiger partial charge in [-0.25, -0.2) is 0 Å². The zero-order valence-electron chi connectivity index (χ0n) is 29.3. The molecule has 4 heterocycles. The topological polar surface area (TPSA) is 89.8 Å². The number of hydrogen-bond donors (Lipinski definition) is 1. The summed E-state index contributed by atoms with van der Waals surface area (Å²) in [5.41, 5.74) is 4.81. The molecule has 252 valence electrons. The first kappa shape index (κ1) is 33.7. The number of hydrogen-bond acceptors (Lipinski definition) is 9. The molecule has 0 radical (unpaired) electrons. The van der Waals surface area contributed by atoms with Crippen LogP contribution >= 0.6 is 0 Å². The fourth-order valence-electron chi connectivity index (χ4n) is 7.14. The third-order valence-corrected chi connectivity index (χ3v) is 15.4. The van der Waals surface area contributed by atoms with Crippen molar-refractivity contribution in [2.24, 2.45) is 0 Å². The number of anilines is 2. The van der Waals surface area contributed by atoms with E-state index in [4.69, 9.17) is 19.1 Å². The van der Waals surface area contributed by atoms with Crippen molar-refractivity contribution >= 4 is 30.6 Å². The molecule has 2 atom stereocenters. The van der Waals surface area contributed by atoms with Gasteiger partial charge >= 0.3 is 6.01 Å². The molecule has 1 N–H and O–H groups in total. The molecule has 3 aliphatic rings. The first-order chi connectivity index (χ1) is 22.5. The second kappa shape index (κ2) is 14.1. The van der Waals surface area contributed by atoms with E-state index in [0.29, 0.717) is 31.6 Å². The third-order valence-electron chi connectivity index (χ3n) is 10.9. The predicted octanol–water partition coefficient (Wildman–Crippen LogP) is 6.06. The van der Waals surface area contributed by atoms with E-state index >= 15 is 0 Å². The minimum Gasteiger partial charge on any atom is -0.462 e. The van der Waals surface area contributed by atoms with Crippen LogP contribution in [0.3, 0.4) is 0 Å². The molecule has 3 aromatic rings. The van der Waals surface area contributed by atoms with Crippen LogP contribution in [0, 0.1) is 18.3 Å². The molecular weight excluding hydrogens is 603 g/mol. The van der Waals surface area contributed by atoms with Crippen LogP contribution in [0.1, 0.15) is 56.9 Å². The maximum Gasteiger partial charge on any atom is 0.318 e. The zero-order valence-corrected chi connectivity index (χ0v) is 30.3. The Labute approximate surface area is 282 Å². The number of aromatic nitrogens is 2. The van der Waals surface area contributed by atoms with Gasteiger partial charge in [0.05, 0.1) is 24.7 Å². The Morgan fingerprint density at radius 2 is 1.87 bits per heavy atom. The highest BCUT2D eigenvalue weighted by atomic mass is 28.4. The summed E-state index contributed by atoms with van der Waals surface area (Å²) in [6, 6.07) is 16.4. The van der Waals surface area contributed by atoms with Gasteiger partial charge in [0.25, 0.3) is 0 Å². The number of likely N-dealkylation sites (tertiary alicyclic amines) is 1. The maximum absolute atomic E-state index is 9.40. The molecule has 2 aromatic carbocycles. The Hall–Kier alpha value is -3.23. The zero-order chi connectivity index (χ0) is 33.2. The summed E-state index contributed by atoms with van der Waals surface area (Å²) in [4.78, 5) is 17.5. The van der Waals surface area contributed by atoms with Crippen LogP contribution in [-0.4, -0.2) is 87.8 Å². The minimum absolute atomic E-state index is 0.128. The molecule has 3 aliphatic heterocycles. The quantitative estimate of drug-likeness (QED) is 0.262. The summed E-state index contributed by atoms with van der Waals surface area (Å²) >= 11 is 0. The Morgan fingerprint density at radius 1 is 1.06 bits per heavy atom. The standard InChI is InChI=1S/C37H53N7O2Si/c1-27-10-7-11-28-12-8-14-33(34(27)28)43-20-16-31-32(25-43)40-36(41-35(31)44-21-18-39-29(24-44)15-17-38)45-26-30-13-9-19-42(30)22-23-46-47(5,6)37(2,3)4/h7-8,10-12,14,29-30,39H,9,13,15-16,18-26H2,1-6H3/t29-,30?/m0/s1. The van der Waals surface area contributed by atoms with Crippen molar-refractivity contribution in [3.05, 3.63) is 53.2 Å². The molecule has 0 saturated carbocycles. The number of piperazine rings is 1. The highest BCUT2D eigenvalue weighted by Gasteiger charge is 2.37. The SMILES string of the molecule is Cc1cccc2cccc(N3CCc4c(nc(OCC5CCCN5CCO[Si](C)(C)C(C)(C)C)nc4N4CCN[C@@H](CC#N)C4)C3)c12. The van der Waals surface area contributed by atoms with Gasteiger partial charge in [0.15, 0.2) is 8.32 Å². The van der Waals surface area contributed by atoms with Crippen molar-refractivity contribution in [2.75, 3.05) is 62.3 Å². The van der Waals surface area contributed by atoms with Crippen molar-refractivity contribution in [1.29, 1.82) is 5.26 Å². The fraction of sp³-hybridized carbons (Fsp3) is 0.595. The highest BCUT2D eigenvalue weighted by Crippen LogP contribution is 2.37. The van der Waals surface area contributed by atoms with Crippen LogP contribution in [0.2, 0.25) is 18.1 Å². The third kappa shape index (κ3) is 7.44. The maximum atomic E-state index is 9.40. The monoisotopic (exact) mass is 655 g/mol.